The Labute approximate surface area is 222 Å². The summed E-state index contributed by atoms with van der Waals surface area (Å²) in [5.74, 6) is -4.98. The molecule has 1 saturated heterocycles. The molecule has 0 bridgehead atoms. The smallest absolute Gasteiger partial charge is 0.368 e. The Morgan fingerprint density at radius 3 is 2.31 bits per heavy atom. The molecule has 2 aromatic heterocycles. The predicted molar refractivity (Wildman–Crippen MR) is 133 cm³/mol. The normalized spacial score (nSPS) is 23.5. The lowest BCUT2D eigenvalue weighted by Crippen LogP contribution is -2.61. The van der Waals surface area contributed by atoms with Crippen molar-refractivity contribution in [1.29, 1.82) is 0 Å². The number of nitrogens with one attached hydrogen (secondary N) is 2. The average molecular weight is 549 g/mol. The molecule has 2 unspecified atom stereocenters. The molecule has 39 heavy (non-hydrogen) atoms. The summed E-state index contributed by atoms with van der Waals surface area (Å²) in [6, 6.07) is -2.28. The van der Waals surface area contributed by atoms with Crippen molar-refractivity contribution in [1.82, 2.24) is 25.5 Å². The van der Waals surface area contributed by atoms with E-state index in [1.807, 2.05) is 19.2 Å². The van der Waals surface area contributed by atoms with Gasteiger partial charge in [-0.3, -0.25) is 29.1 Å². The zero-order chi connectivity index (χ0) is 29.1. The van der Waals surface area contributed by atoms with E-state index in [4.69, 9.17) is 5.73 Å². The summed E-state index contributed by atoms with van der Waals surface area (Å²) < 4.78 is 39.2. The summed E-state index contributed by atoms with van der Waals surface area (Å²) in [6.07, 6.45) is 0.820. The number of amides is 4. The van der Waals surface area contributed by atoms with E-state index >= 15 is 0 Å². The van der Waals surface area contributed by atoms with Crippen molar-refractivity contribution in [2.75, 3.05) is 6.54 Å². The van der Waals surface area contributed by atoms with Gasteiger partial charge in [0.15, 0.2) is 0 Å². The first-order chi connectivity index (χ1) is 18.0. The summed E-state index contributed by atoms with van der Waals surface area (Å²) in [7, 11) is 0. The first kappa shape index (κ1) is 28.2. The van der Waals surface area contributed by atoms with Gasteiger partial charge in [-0.1, -0.05) is 34.6 Å². The van der Waals surface area contributed by atoms with Crippen molar-refractivity contribution in [3.8, 4) is 0 Å². The Hall–Kier alpha value is -3.77. The van der Waals surface area contributed by atoms with Crippen LogP contribution in [0.2, 0.25) is 0 Å². The van der Waals surface area contributed by atoms with E-state index in [0.29, 0.717) is 16.3 Å². The molecule has 1 aliphatic heterocycles. The highest BCUT2D eigenvalue weighted by atomic mass is 19.4. The lowest BCUT2D eigenvalue weighted by Gasteiger charge is -2.38. The molecule has 2 aliphatic rings. The van der Waals surface area contributed by atoms with E-state index < -0.39 is 53.3 Å². The zero-order valence-corrected chi connectivity index (χ0v) is 22.2. The first-order valence-corrected chi connectivity index (χ1v) is 12.4. The number of piperidine rings is 1. The van der Waals surface area contributed by atoms with Crippen molar-refractivity contribution in [3.63, 3.8) is 0 Å². The number of hydrogen-bond donors (Lipinski definition) is 3. The summed E-state index contributed by atoms with van der Waals surface area (Å²) in [5, 5.41) is 5.68. The number of alkyl halides is 3. The number of hydrogen-bond acceptors (Lipinski definition) is 6. The molecule has 1 aliphatic carbocycles. The van der Waals surface area contributed by atoms with Crippen LogP contribution in [0.5, 0.6) is 0 Å². The van der Waals surface area contributed by atoms with E-state index in [1.54, 1.807) is 18.5 Å². The van der Waals surface area contributed by atoms with E-state index in [0.717, 1.165) is 0 Å². The molecular formula is C26H31F3N6O4. The van der Waals surface area contributed by atoms with Gasteiger partial charge in [0.1, 0.15) is 18.1 Å². The molecule has 4 rings (SSSR count). The fourth-order valence-corrected chi connectivity index (χ4v) is 5.64. The molecule has 1 saturated carbocycles. The molecule has 2 aromatic rings. The minimum absolute atomic E-state index is 0.0894. The highest BCUT2D eigenvalue weighted by molar-refractivity contribution is 5.98. The second-order valence-corrected chi connectivity index (χ2v) is 11.8. The van der Waals surface area contributed by atoms with Crippen LogP contribution in [0.1, 0.15) is 46.2 Å². The maximum atomic E-state index is 13.8. The van der Waals surface area contributed by atoms with Gasteiger partial charge in [-0.15, -0.1) is 0 Å². The number of likely N-dealkylation sites (tertiary alicyclic amines) is 1. The molecule has 2 fully saturated rings. The van der Waals surface area contributed by atoms with E-state index in [-0.39, 0.29) is 23.8 Å². The van der Waals surface area contributed by atoms with Gasteiger partial charge in [-0.2, -0.15) is 13.2 Å². The van der Waals surface area contributed by atoms with Crippen molar-refractivity contribution in [2.24, 2.45) is 28.4 Å². The van der Waals surface area contributed by atoms with Gasteiger partial charge in [-0.05, 0) is 34.1 Å². The second kappa shape index (κ2) is 9.45. The van der Waals surface area contributed by atoms with Gasteiger partial charge in [-0.25, -0.2) is 0 Å². The van der Waals surface area contributed by atoms with Crippen molar-refractivity contribution >= 4 is 34.4 Å². The monoisotopic (exact) mass is 548 g/mol. The molecule has 0 spiro atoms. The largest absolute Gasteiger partial charge is 0.471 e. The number of nitrogens with two attached hydrogens (primary N) is 1. The Balaban J connectivity index is 1.66. The Bertz CT molecular complexity index is 1330. The number of aromatic nitrogens is 2. The number of fused-ring (bicyclic) bond motifs is 2. The van der Waals surface area contributed by atoms with Gasteiger partial charge in [0.2, 0.25) is 17.7 Å². The summed E-state index contributed by atoms with van der Waals surface area (Å²) in [6.45, 7) is 8.55. The number of nitrogens with zero attached hydrogens (tertiary/aromatic N) is 3. The van der Waals surface area contributed by atoms with Crippen LogP contribution in [-0.2, 0) is 19.2 Å². The standard InChI is InChI=1S/C26H31F3N6O4/c1-24(2,3)19(34-23(39)26(27,28)29)22(38)35-11-15-16(25(15,4)5)18(35)21(37)33-17(20(30)36)14-10-32-9-12-8-31-7-6-13(12)14/h6-10,15-19H,11H2,1-5H3,(H2,30,36)(H,33,37)(H,34,39)/t15-,16-,17?,18-,19?/m0/s1. The number of rotatable bonds is 6. The third-order valence-corrected chi connectivity index (χ3v) is 7.88. The topological polar surface area (TPSA) is 147 Å². The third kappa shape index (κ3) is 5.13. The van der Waals surface area contributed by atoms with Gasteiger partial charge in [0, 0.05) is 42.3 Å². The Morgan fingerprint density at radius 2 is 1.72 bits per heavy atom. The number of carbonyl (C=O) groups excluding carboxylic acids is 4. The van der Waals surface area contributed by atoms with E-state index in [1.165, 1.54) is 38.1 Å². The first-order valence-electron chi connectivity index (χ1n) is 12.4. The lowest BCUT2D eigenvalue weighted by atomic mass is 9.85. The molecule has 210 valence electrons. The molecule has 3 heterocycles. The van der Waals surface area contributed by atoms with Crippen LogP contribution < -0.4 is 16.4 Å². The summed E-state index contributed by atoms with van der Waals surface area (Å²) >= 11 is 0. The summed E-state index contributed by atoms with van der Waals surface area (Å²) in [5.41, 5.74) is 4.59. The van der Waals surface area contributed by atoms with Gasteiger partial charge in [0.05, 0.1) is 0 Å². The van der Waals surface area contributed by atoms with Crippen molar-refractivity contribution in [3.05, 3.63) is 36.4 Å². The molecule has 13 heteroatoms. The molecule has 0 radical (unpaired) electrons. The summed E-state index contributed by atoms with van der Waals surface area (Å²) in [4.78, 5) is 61.1. The molecular weight excluding hydrogens is 517 g/mol. The minimum atomic E-state index is -5.19. The highest BCUT2D eigenvalue weighted by Gasteiger charge is 2.70. The van der Waals surface area contributed by atoms with Crippen LogP contribution in [0, 0.1) is 22.7 Å². The molecule has 5 atom stereocenters. The fourth-order valence-electron chi connectivity index (χ4n) is 5.64. The number of halogens is 3. The molecule has 0 aromatic carbocycles. The van der Waals surface area contributed by atoms with Crippen LogP contribution in [0.4, 0.5) is 13.2 Å². The molecule has 10 nitrogen and oxygen atoms in total. The van der Waals surface area contributed by atoms with Crippen molar-refractivity contribution < 1.29 is 32.3 Å². The van der Waals surface area contributed by atoms with Crippen molar-refractivity contribution in [2.45, 2.75) is 58.9 Å². The maximum Gasteiger partial charge on any atom is 0.471 e. The number of carbonyl (C=O) groups is 4. The Morgan fingerprint density at radius 1 is 1.08 bits per heavy atom. The molecule has 4 amide bonds. The predicted octanol–water partition coefficient (Wildman–Crippen LogP) is 1.85. The fraction of sp³-hybridized carbons (Fsp3) is 0.538. The quantitative estimate of drug-likeness (QED) is 0.502. The number of primary amides is 1. The second-order valence-electron chi connectivity index (χ2n) is 11.8. The zero-order valence-electron chi connectivity index (χ0n) is 22.2. The van der Waals surface area contributed by atoms with Crippen LogP contribution in [-0.4, -0.2) is 63.3 Å². The van der Waals surface area contributed by atoms with Crippen LogP contribution in [0.3, 0.4) is 0 Å². The number of pyridine rings is 2. The van der Waals surface area contributed by atoms with Crippen LogP contribution in [0.25, 0.3) is 10.8 Å². The average Bonchev–Trinajstić information content (AvgIpc) is 3.16. The van der Waals surface area contributed by atoms with Gasteiger partial charge in [0.25, 0.3) is 0 Å². The third-order valence-electron chi connectivity index (χ3n) is 7.88. The van der Waals surface area contributed by atoms with Crippen LogP contribution in [0.15, 0.2) is 30.9 Å². The van der Waals surface area contributed by atoms with Gasteiger partial charge >= 0.3 is 12.1 Å². The van der Waals surface area contributed by atoms with Crippen LogP contribution >= 0.6 is 0 Å². The minimum Gasteiger partial charge on any atom is -0.368 e. The van der Waals surface area contributed by atoms with Gasteiger partial charge < -0.3 is 21.3 Å². The Kier molecular flexibility index (Phi) is 6.85. The highest BCUT2D eigenvalue weighted by Crippen LogP contribution is 2.65. The molecule has 4 N–H and O–H groups in total. The SMILES string of the molecule is CC(C)(C)C(NC(=O)C(F)(F)F)C(=O)N1C[C@H]2[C@@H]([C@H]1C(=O)NC(C(N)=O)c1cncc3cnccc13)C2(C)C. The lowest BCUT2D eigenvalue weighted by molar-refractivity contribution is -0.176. The maximum absolute atomic E-state index is 13.8. The van der Waals surface area contributed by atoms with E-state index in [2.05, 4.69) is 15.3 Å². The van der Waals surface area contributed by atoms with E-state index in [9.17, 15) is 32.3 Å².